The highest BCUT2D eigenvalue weighted by atomic mass is 32.2. The van der Waals surface area contributed by atoms with Crippen molar-refractivity contribution in [1.29, 1.82) is 0 Å². The predicted octanol–water partition coefficient (Wildman–Crippen LogP) is 3.95. The van der Waals surface area contributed by atoms with Crippen LogP contribution in [0.5, 0.6) is 11.5 Å². The fourth-order valence-electron chi connectivity index (χ4n) is 3.39. The molecule has 1 aliphatic heterocycles. The number of ketones is 1. The Morgan fingerprint density at radius 2 is 2.08 bits per heavy atom. The zero-order chi connectivity index (χ0) is 17.2. The lowest BCUT2D eigenvalue weighted by atomic mass is 9.99. The van der Waals surface area contributed by atoms with Crippen molar-refractivity contribution < 1.29 is 14.3 Å². The van der Waals surface area contributed by atoms with E-state index in [9.17, 15) is 4.79 Å². The minimum atomic E-state index is 0.0505. The summed E-state index contributed by atoms with van der Waals surface area (Å²) in [4.78, 5) is 16.8. The average Bonchev–Trinajstić information content (AvgIpc) is 3.06. The van der Waals surface area contributed by atoms with Crippen LogP contribution >= 0.6 is 11.8 Å². The summed E-state index contributed by atoms with van der Waals surface area (Å²) in [5, 5.41) is 0.974. The van der Waals surface area contributed by atoms with E-state index in [1.807, 2.05) is 24.4 Å². The maximum Gasteiger partial charge on any atom is 0.169 e. The van der Waals surface area contributed by atoms with Crippen LogP contribution in [-0.2, 0) is 11.3 Å². The van der Waals surface area contributed by atoms with Crippen LogP contribution in [0, 0.1) is 0 Å². The quantitative estimate of drug-likeness (QED) is 0.828. The summed E-state index contributed by atoms with van der Waals surface area (Å²) in [6.45, 7) is 4.09. The van der Waals surface area contributed by atoms with Crippen LogP contribution in [0.3, 0.4) is 0 Å². The van der Waals surface area contributed by atoms with Crippen molar-refractivity contribution in [3.05, 3.63) is 24.4 Å². The van der Waals surface area contributed by atoms with Gasteiger partial charge in [-0.2, -0.15) is 0 Å². The zero-order valence-corrected chi connectivity index (χ0v) is 15.2. The molecule has 25 heavy (non-hydrogen) atoms. The molecular formula is C19H22N2O3S. The van der Waals surface area contributed by atoms with E-state index in [1.54, 1.807) is 11.8 Å². The van der Waals surface area contributed by atoms with Gasteiger partial charge in [0.15, 0.2) is 16.7 Å². The molecule has 0 N–H and O–H groups in total. The highest BCUT2D eigenvalue weighted by molar-refractivity contribution is 8.00. The van der Waals surface area contributed by atoms with Crippen molar-refractivity contribution in [2.75, 3.05) is 13.2 Å². The van der Waals surface area contributed by atoms with Gasteiger partial charge in [0.1, 0.15) is 19.0 Å². The molecule has 0 spiro atoms. The van der Waals surface area contributed by atoms with Crippen molar-refractivity contribution in [3.63, 3.8) is 0 Å². The molecule has 0 bridgehead atoms. The van der Waals surface area contributed by atoms with Crippen molar-refractivity contribution in [3.8, 4) is 22.8 Å². The van der Waals surface area contributed by atoms with E-state index in [0.29, 0.717) is 25.4 Å². The van der Waals surface area contributed by atoms with Crippen molar-refractivity contribution in [2.45, 2.75) is 49.6 Å². The van der Waals surface area contributed by atoms with Gasteiger partial charge in [0.25, 0.3) is 0 Å². The first-order chi connectivity index (χ1) is 12.3. The van der Waals surface area contributed by atoms with E-state index in [4.69, 9.17) is 9.47 Å². The van der Waals surface area contributed by atoms with Gasteiger partial charge in [0.2, 0.25) is 0 Å². The van der Waals surface area contributed by atoms with E-state index >= 15 is 0 Å². The number of nitrogens with zero attached hydrogens (tertiary/aromatic N) is 2. The standard InChI is InChI=1S/C19H22N2O3S/c1-2-21-14(13-7-8-16-17(11-13)24-10-9-23-16)12-20-19(21)25-18-6-4-3-5-15(18)22/h7-8,11-12,18H,2-6,9-10H2,1H3. The van der Waals surface area contributed by atoms with Crippen LogP contribution in [0.15, 0.2) is 29.6 Å². The summed E-state index contributed by atoms with van der Waals surface area (Å²) in [7, 11) is 0. The number of ether oxygens (including phenoxy) is 2. The third kappa shape index (κ3) is 3.27. The van der Waals surface area contributed by atoms with Gasteiger partial charge < -0.3 is 14.0 Å². The van der Waals surface area contributed by atoms with Gasteiger partial charge >= 0.3 is 0 Å². The first-order valence-electron chi connectivity index (χ1n) is 8.91. The van der Waals surface area contributed by atoms with Gasteiger partial charge in [-0.3, -0.25) is 4.79 Å². The topological polar surface area (TPSA) is 53.4 Å². The molecular weight excluding hydrogens is 336 g/mol. The molecule has 1 atom stereocenters. The Kier molecular flexibility index (Phi) is 4.70. The molecule has 2 aromatic rings. The van der Waals surface area contributed by atoms with Crippen LogP contribution < -0.4 is 9.47 Å². The maximum absolute atomic E-state index is 12.1. The number of carbonyl (C=O) groups excluding carboxylic acids is 1. The fourth-order valence-corrected chi connectivity index (χ4v) is 4.65. The number of imidazole rings is 1. The highest BCUT2D eigenvalue weighted by Crippen LogP contribution is 2.37. The number of hydrogen-bond acceptors (Lipinski definition) is 5. The average molecular weight is 358 g/mol. The van der Waals surface area contributed by atoms with E-state index in [1.165, 1.54) is 0 Å². The third-order valence-electron chi connectivity index (χ3n) is 4.72. The van der Waals surface area contributed by atoms with E-state index in [0.717, 1.165) is 53.7 Å². The molecule has 6 heteroatoms. The SMILES string of the molecule is CCn1c(-c2ccc3c(c2)OCCO3)cnc1SC1CCCCC1=O. The molecule has 1 fully saturated rings. The minimum absolute atomic E-state index is 0.0505. The molecule has 0 saturated heterocycles. The van der Waals surface area contributed by atoms with Gasteiger partial charge in [-0.05, 0) is 38.0 Å². The summed E-state index contributed by atoms with van der Waals surface area (Å²) >= 11 is 1.61. The van der Waals surface area contributed by atoms with E-state index < -0.39 is 0 Å². The lowest BCUT2D eigenvalue weighted by Gasteiger charge is -2.20. The molecule has 1 aromatic heterocycles. The Hall–Kier alpha value is -1.95. The van der Waals surface area contributed by atoms with Gasteiger partial charge in [0, 0.05) is 18.5 Å². The number of Topliss-reactive ketones (excluding diaryl/α,β-unsaturated/α-hetero) is 1. The largest absolute Gasteiger partial charge is 0.486 e. The van der Waals surface area contributed by atoms with Crippen molar-refractivity contribution in [2.24, 2.45) is 0 Å². The smallest absolute Gasteiger partial charge is 0.169 e. The number of fused-ring (bicyclic) bond motifs is 1. The molecule has 1 aromatic carbocycles. The third-order valence-corrected chi connectivity index (χ3v) is 6.04. The molecule has 1 saturated carbocycles. The first-order valence-corrected chi connectivity index (χ1v) is 9.79. The van der Waals surface area contributed by atoms with Gasteiger partial charge in [-0.15, -0.1) is 0 Å². The number of rotatable bonds is 4. The van der Waals surface area contributed by atoms with Crippen LogP contribution in [0.25, 0.3) is 11.3 Å². The molecule has 0 radical (unpaired) electrons. The normalized spacial score (nSPS) is 19.9. The molecule has 1 aliphatic carbocycles. The molecule has 5 nitrogen and oxygen atoms in total. The highest BCUT2D eigenvalue weighted by Gasteiger charge is 2.25. The minimum Gasteiger partial charge on any atom is -0.486 e. The number of carbonyl (C=O) groups is 1. The Morgan fingerprint density at radius 1 is 1.24 bits per heavy atom. The van der Waals surface area contributed by atoms with E-state index in [2.05, 4.69) is 16.5 Å². The molecule has 2 heterocycles. The molecule has 132 valence electrons. The van der Waals surface area contributed by atoms with Crippen LogP contribution in [0.4, 0.5) is 0 Å². The van der Waals surface area contributed by atoms with Gasteiger partial charge in [0.05, 0.1) is 17.1 Å². The molecule has 4 rings (SSSR count). The second kappa shape index (κ2) is 7.12. The van der Waals surface area contributed by atoms with Crippen molar-refractivity contribution in [1.82, 2.24) is 9.55 Å². The second-order valence-electron chi connectivity index (χ2n) is 6.35. The van der Waals surface area contributed by atoms with Crippen LogP contribution in [-0.4, -0.2) is 33.8 Å². The zero-order valence-electron chi connectivity index (χ0n) is 14.4. The lowest BCUT2D eigenvalue weighted by Crippen LogP contribution is -2.21. The fraction of sp³-hybridized carbons (Fsp3) is 0.474. The predicted molar refractivity (Wildman–Crippen MR) is 97.4 cm³/mol. The number of aromatic nitrogens is 2. The number of hydrogen-bond donors (Lipinski definition) is 0. The maximum atomic E-state index is 12.1. The summed E-state index contributed by atoms with van der Waals surface area (Å²) in [6.07, 6.45) is 5.72. The molecule has 2 aliphatic rings. The Balaban J connectivity index is 1.62. The number of benzene rings is 1. The van der Waals surface area contributed by atoms with Gasteiger partial charge in [-0.25, -0.2) is 4.98 Å². The second-order valence-corrected chi connectivity index (χ2v) is 7.52. The summed E-state index contributed by atoms with van der Waals surface area (Å²) < 4.78 is 13.5. The monoisotopic (exact) mass is 358 g/mol. The van der Waals surface area contributed by atoms with Gasteiger partial charge in [-0.1, -0.05) is 18.2 Å². The van der Waals surface area contributed by atoms with Crippen LogP contribution in [0.1, 0.15) is 32.6 Å². The van der Waals surface area contributed by atoms with Crippen LogP contribution in [0.2, 0.25) is 0 Å². The number of thioether (sulfide) groups is 1. The van der Waals surface area contributed by atoms with E-state index in [-0.39, 0.29) is 5.25 Å². The molecule has 0 amide bonds. The first kappa shape index (κ1) is 16.5. The molecule has 1 unspecified atom stereocenters. The summed E-state index contributed by atoms with van der Waals surface area (Å²) in [5.41, 5.74) is 2.10. The Morgan fingerprint density at radius 3 is 2.88 bits per heavy atom. The Bertz CT molecular complexity index is 787. The summed E-state index contributed by atoms with van der Waals surface area (Å²) in [6, 6.07) is 6.00. The van der Waals surface area contributed by atoms with Crippen molar-refractivity contribution >= 4 is 17.5 Å². The lowest BCUT2D eigenvalue weighted by molar-refractivity contribution is -0.119. The Labute approximate surface area is 151 Å². The summed E-state index contributed by atoms with van der Waals surface area (Å²) in [5.74, 6) is 1.94.